The summed E-state index contributed by atoms with van der Waals surface area (Å²) >= 11 is 0. The smallest absolute Gasteiger partial charge is 0.241 e. The highest BCUT2D eigenvalue weighted by Gasteiger charge is 2.19. The van der Waals surface area contributed by atoms with Gasteiger partial charge in [-0.05, 0) is 57.6 Å². The number of amides is 1. The van der Waals surface area contributed by atoms with Crippen LogP contribution in [0.4, 0.5) is 5.69 Å². The van der Waals surface area contributed by atoms with Gasteiger partial charge in [-0.3, -0.25) is 9.69 Å². The molecule has 0 aromatic heterocycles. The molecule has 0 saturated carbocycles. The normalized spacial score (nSPS) is 13.0. The molecule has 0 bridgehead atoms. The first-order valence-corrected chi connectivity index (χ1v) is 10.3. The molecule has 0 fully saturated rings. The fraction of sp³-hybridized carbons (Fsp3) is 0.350. The van der Waals surface area contributed by atoms with Crippen molar-refractivity contribution < 1.29 is 13.2 Å². The summed E-state index contributed by atoms with van der Waals surface area (Å²) in [6.45, 7) is 6.02. The second kappa shape index (κ2) is 9.12. The van der Waals surface area contributed by atoms with Crippen LogP contribution in [0.1, 0.15) is 26.3 Å². The fourth-order valence-corrected chi connectivity index (χ4v) is 3.80. The lowest BCUT2D eigenvalue weighted by Crippen LogP contribution is -2.39. The summed E-state index contributed by atoms with van der Waals surface area (Å²) in [4.78, 5) is 14.6. The zero-order chi connectivity index (χ0) is 20.0. The highest BCUT2D eigenvalue weighted by molar-refractivity contribution is 7.89. The third-order valence-corrected chi connectivity index (χ3v) is 5.81. The molecule has 0 spiro atoms. The second-order valence-corrected chi connectivity index (χ2v) is 8.58. The summed E-state index contributed by atoms with van der Waals surface area (Å²) in [7, 11) is -1.65. The van der Waals surface area contributed by atoms with Crippen molar-refractivity contribution >= 4 is 21.6 Å². The van der Waals surface area contributed by atoms with Gasteiger partial charge >= 0.3 is 0 Å². The monoisotopic (exact) mass is 389 g/mol. The molecule has 27 heavy (non-hydrogen) atoms. The lowest BCUT2D eigenvalue weighted by Gasteiger charge is -2.24. The van der Waals surface area contributed by atoms with Gasteiger partial charge < -0.3 is 5.32 Å². The maximum absolute atomic E-state index is 12.5. The summed E-state index contributed by atoms with van der Waals surface area (Å²) in [5.74, 6) is -0.149. The Hall–Kier alpha value is -2.22. The fourth-order valence-electron chi connectivity index (χ4n) is 2.55. The Balaban J connectivity index is 1.98. The molecule has 0 unspecified atom stereocenters. The van der Waals surface area contributed by atoms with E-state index in [2.05, 4.69) is 10.0 Å². The molecule has 0 radical (unpaired) electrons. The molecule has 2 N–H and O–H groups in total. The first-order chi connectivity index (χ1) is 12.7. The number of benzene rings is 2. The van der Waals surface area contributed by atoms with Gasteiger partial charge in [-0.1, -0.05) is 30.3 Å². The van der Waals surface area contributed by atoms with Gasteiger partial charge in [0.05, 0.1) is 10.9 Å². The molecule has 1 atom stereocenters. The van der Waals surface area contributed by atoms with Gasteiger partial charge in [0.1, 0.15) is 0 Å². The van der Waals surface area contributed by atoms with Crippen LogP contribution in [0.2, 0.25) is 0 Å². The lowest BCUT2D eigenvalue weighted by molar-refractivity contribution is -0.120. The number of hydrogen-bond acceptors (Lipinski definition) is 4. The van der Waals surface area contributed by atoms with E-state index in [4.69, 9.17) is 0 Å². The summed E-state index contributed by atoms with van der Waals surface area (Å²) in [6, 6.07) is 15.6. The maximum Gasteiger partial charge on any atom is 0.241 e. The van der Waals surface area contributed by atoms with Gasteiger partial charge in [-0.15, -0.1) is 0 Å². The molecule has 0 aliphatic rings. The summed E-state index contributed by atoms with van der Waals surface area (Å²) in [5.41, 5.74) is 1.69. The highest BCUT2D eigenvalue weighted by Crippen LogP contribution is 2.15. The molecule has 146 valence electrons. The molecule has 1 amide bonds. The Kier molecular flexibility index (Phi) is 7.12. The van der Waals surface area contributed by atoms with E-state index in [1.165, 1.54) is 12.1 Å². The highest BCUT2D eigenvalue weighted by atomic mass is 32.2. The van der Waals surface area contributed by atoms with Gasteiger partial charge in [0.25, 0.3) is 0 Å². The van der Waals surface area contributed by atoms with Crippen LogP contribution in [-0.4, -0.2) is 38.4 Å². The van der Waals surface area contributed by atoms with E-state index in [-0.39, 0.29) is 22.9 Å². The number of nitrogens with zero attached hydrogens (tertiary/aromatic N) is 1. The van der Waals surface area contributed by atoms with Gasteiger partial charge in [-0.2, -0.15) is 0 Å². The predicted octanol–water partition coefficient (Wildman–Crippen LogP) is 2.83. The quantitative estimate of drug-likeness (QED) is 0.728. The van der Waals surface area contributed by atoms with Crippen LogP contribution >= 0.6 is 0 Å². The molecule has 2 rings (SSSR count). The number of likely N-dealkylation sites (N-methyl/N-ethyl adjacent to an activating group) is 1. The minimum atomic E-state index is -3.54. The van der Waals surface area contributed by atoms with Gasteiger partial charge in [0, 0.05) is 18.3 Å². The SMILES string of the molecule is CC(C)NS(=O)(=O)c1ccc(NC(=O)[C@H](C)N(C)Cc2ccccc2)cc1. The third-order valence-electron chi connectivity index (χ3n) is 4.14. The molecule has 6 nitrogen and oxygen atoms in total. The Morgan fingerprint density at radius 2 is 1.59 bits per heavy atom. The average Bonchev–Trinajstić information content (AvgIpc) is 2.61. The molecule has 2 aromatic rings. The minimum absolute atomic E-state index is 0.149. The van der Waals surface area contributed by atoms with Gasteiger partial charge in [-0.25, -0.2) is 13.1 Å². The minimum Gasteiger partial charge on any atom is -0.325 e. The Bertz CT molecular complexity index is 850. The van der Waals surface area contributed by atoms with E-state index < -0.39 is 10.0 Å². The number of carbonyl (C=O) groups excluding carboxylic acids is 1. The van der Waals surface area contributed by atoms with Crippen molar-refractivity contribution in [2.45, 2.75) is 44.3 Å². The molecular formula is C20H27N3O3S. The van der Waals surface area contributed by atoms with Crippen molar-refractivity contribution in [2.24, 2.45) is 0 Å². The van der Waals surface area contributed by atoms with Crippen LogP contribution in [0, 0.1) is 0 Å². The van der Waals surface area contributed by atoms with E-state index in [0.717, 1.165) is 5.56 Å². The van der Waals surface area contributed by atoms with Gasteiger partial charge in [0.15, 0.2) is 0 Å². The van der Waals surface area contributed by atoms with Crippen molar-refractivity contribution in [2.75, 3.05) is 12.4 Å². The van der Waals surface area contributed by atoms with Crippen molar-refractivity contribution in [1.29, 1.82) is 0 Å². The van der Waals surface area contributed by atoms with Crippen LogP contribution in [0.15, 0.2) is 59.5 Å². The first-order valence-electron chi connectivity index (χ1n) is 8.86. The van der Waals surface area contributed by atoms with E-state index in [9.17, 15) is 13.2 Å². The Morgan fingerprint density at radius 1 is 1.00 bits per heavy atom. The van der Waals surface area contributed by atoms with E-state index >= 15 is 0 Å². The van der Waals surface area contributed by atoms with E-state index in [0.29, 0.717) is 12.2 Å². The number of hydrogen-bond donors (Lipinski definition) is 2. The average molecular weight is 390 g/mol. The van der Waals surface area contributed by atoms with Crippen molar-refractivity contribution in [3.8, 4) is 0 Å². The zero-order valence-electron chi connectivity index (χ0n) is 16.1. The zero-order valence-corrected chi connectivity index (χ0v) is 17.0. The van der Waals surface area contributed by atoms with Crippen LogP contribution in [0.5, 0.6) is 0 Å². The third kappa shape index (κ3) is 6.16. The van der Waals surface area contributed by atoms with Gasteiger partial charge in [0.2, 0.25) is 15.9 Å². The maximum atomic E-state index is 12.5. The molecule has 7 heteroatoms. The van der Waals surface area contributed by atoms with Crippen LogP contribution < -0.4 is 10.0 Å². The van der Waals surface area contributed by atoms with Crippen LogP contribution in [-0.2, 0) is 21.4 Å². The van der Waals surface area contributed by atoms with Crippen LogP contribution in [0.25, 0.3) is 0 Å². The number of carbonyl (C=O) groups is 1. The summed E-state index contributed by atoms with van der Waals surface area (Å²) in [5, 5.41) is 2.83. The molecule has 0 aliphatic heterocycles. The molecule has 0 saturated heterocycles. The molecule has 0 aliphatic carbocycles. The number of rotatable bonds is 8. The van der Waals surface area contributed by atoms with E-state index in [1.807, 2.05) is 49.2 Å². The molecular weight excluding hydrogens is 362 g/mol. The number of nitrogens with one attached hydrogen (secondary N) is 2. The largest absolute Gasteiger partial charge is 0.325 e. The van der Waals surface area contributed by atoms with Crippen molar-refractivity contribution in [3.63, 3.8) is 0 Å². The Labute approximate surface area is 161 Å². The topological polar surface area (TPSA) is 78.5 Å². The Morgan fingerprint density at radius 3 is 2.15 bits per heavy atom. The van der Waals surface area contributed by atoms with Crippen molar-refractivity contribution in [1.82, 2.24) is 9.62 Å². The molecule has 0 heterocycles. The summed E-state index contributed by atoms with van der Waals surface area (Å²) < 4.78 is 26.8. The predicted molar refractivity (Wildman–Crippen MR) is 108 cm³/mol. The van der Waals surface area contributed by atoms with Crippen molar-refractivity contribution in [3.05, 3.63) is 60.2 Å². The first kappa shape index (κ1) is 21.1. The van der Waals surface area contributed by atoms with Crippen LogP contribution in [0.3, 0.4) is 0 Å². The lowest BCUT2D eigenvalue weighted by atomic mass is 10.2. The summed E-state index contributed by atoms with van der Waals surface area (Å²) in [6.07, 6.45) is 0. The second-order valence-electron chi connectivity index (χ2n) is 6.87. The standard InChI is InChI=1S/C20H27N3O3S/c1-15(2)22-27(25,26)19-12-10-18(11-13-19)21-20(24)16(3)23(4)14-17-8-6-5-7-9-17/h5-13,15-16,22H,14H2,1-4H3,(H,21,24)/t16-/m0/s1. The number of sulfonamides is 1. The number of anilines is 1. The van der Waals surface area contributed by atoms with E-state index in [1.54, 1.807) is 26.0 Å². The molecule has 2 aromatic carbocycles.